The number of hydrogen-bond acceptors (Lipinski definition) is 4. The van der Waals surface area contributed by atoms with Crippen LogP contribution in [0.1, 0.15) is 28.9 Å². The summed E-state index contributed by atoms with van der Waals surface area (Å²) in [7, 11) is 1.30. The molecule has 5 heteroatoms. The van der Waals surface area contributed by atoms with E-state index in [1.54, 1.807) is 6.07 Å². The molecule has 2 aromatic carbocycles. The maximum atomic E-state index is 11.8. The number of ether oxygens (including phenoxy) is 2. The summed E-state index contributed by atoms with van der Waals surface area (Å²) in [4.78, 5) is 11.8. The summed E-state index contributed by atoms with van der Waals surface area (Å²) in [6, 6.07) is 12.7. The topological polar surface area (TPSA) is 61.5 Å². The summed E-state index contributed by atoms with van der Waals surface area (Å²) in [5.41, 5.74) is 7.28. The number of carbonyl (C=O) groups is 1. The van der Waals surface area contributed by atoms with Gasteiger partial charge in [0.1, 0.15) is 11.7 Å². The van der Waals surface area contributed by atoms with Crippen molar-refractivity contribution >= 4 is 23.3 Å². The fourth-order valence-corrected chi connectivity index (χ4v) is 2.24. The molecule has 0 saturated carbocycles. The summed E-state index contributed by atoms with van der Waals surface area (Å²) in [5, 5.41) is 0.276. The van der Waals surface area contributed by atoms with E-state index in [0.717, 1.165) is 5.56 Å². The molecular formula is C16H16ClNO3. The third-order valence-electron chi connectivity index (χ3n) is 3.03. The van der Waals surface area contributed by atoms with E-state index in [1.807, 2.05) is 37.3 Å². The van der Waals surface area contributed by atoms with Crippen molar-refractivity contribution in [3.63, 3.8) is 0 Å². The summed E-state index contributed by atoms with van der Waals surface area (Å²) < 4.78 is 10.6. The Balaban J connectivity index is 2.37. The van der Waals surface area contributed by atoms with Crippen LogP contribution in [-0.2, 0) is 4.74 Å². The molecule has 1 unspecified atom stereocenters. The predicted molar refractivity (Wildman–Crippen MR) is 82.7 cm³/mol. The highest BCUT2D eigenvalue weighted by Crippen LogP contribution is 2.35. The second-order valence-electron chi connectivity index (χ2n) is 4.54. The van der Waals surface area contributed by atoms with Crippen molar-refractivity contribution in [3.05, 3.63) is 58.6 Å². The fraction of sp³-hybridized carbons (Fsp3) is 0.188. The first-order valence-corrected chi connectivity index (χ1v) is 6.79. The molecule has 110 valence electrons. The van der Waals surface area contributed by atoms with E-state index in [2.05, 4.69) is 0 Å². The van der Waals surface area contributed by atoms with E-state index in [0.29, 0.717) is 5.69 Å². The maximum absolute atomic E-state index is 11.8. The van der Waals surface area contributed by atoms with Gasteiger partial charge >= 0.3 is 5.97 Å². The maximum Gasteiger partial charge on any atom is 0.341 e. The molecule has 0 aromatic heterocycles. The Hall–Kier alpha value is -2.20. The van der Waals surface area contributed by atoms with Gasteiger partial charge in [-0.1, -0.05) is 41.9 Å². The van der Waals surface area contributed by atoms with Gasteiger partial charge in [0.25, 0.3) is 0 Å². The standard InChI is InChI=1S/C16H16ClNO3/c1-10(11-6-4-3-5-7-11)21-15-13(16(19)20-2)8-12(18)9-14(15)17/h3-10H,18H2,1-2H3. The molecule has 0 heterocycles. The van der Waals surface area contributed by atoms with Gasteiger partial charge in [-0.2, -0.15) is 0 Å². The zero-order valence-electron chi connectivity index (χ0n) is 11.8. The Labute approximate surface area is 128 Å². The van der Waals surface area contributed by atoms with Gasteiger partial charge in [-0.3, -0.25) is 0 Å². The molecule has 0 amide bonds. The molecular weight excluding hydrogens is 290 g/mol. The number of nitrogens with two attached hydrogens (primary N) is 1. The number of methoxy groups -OCH3 is 1. The van der Waals surface area contributed by atoms with Crippen LogP contribution in [0.5, 0.6) is 5.75 Å². The smallest absolute Gasteiger partial charge is 0.341 e. The Morgan fingerprint density at radius 2 is 1.90 bits per heavy atom. The molecule has 0 saturated heterocycles. The number of hydrogen-bond donors (Lipinski definition) is 1. The molecule has 0 radical (unpaired) electrons. The highest BCUT2D eigenvalue weighted by molar-refractivity contribution is 6.33. The average molecular weight is 306 g/mol. The lowest BCUT2D eigenvalue weighted by atomic mass is 10.1. The summed E-state index contributed by atoms with van der Waals surface area (Å²) in [6.07, 6.45) is -0.268. The number of carbonyl (C=O) groups excluding carboxylic acids is 1. The molecule has 0 aliphatic rings. The number of anilines is 1. The first-order chi connectivity index (χ1) is 10.0. The molecule has 0 spiro atoms. The lowest BCUT2D eigenvalue weighted by Crippen LogP contribution is -2.10. The second kappa shape index (κ2) is 6.50. The number of nitrogen functional groups attached to an aromatic ring is 1. The Kier molecular flexibility index (Phi) is 4.70. The van der Waals surface area contributed by atoms with Crippen LogP contribution in [0, 0.1) is 0 Å². The average Bonchev–Trinajstić information content (AvgIpc) is 2.49. The van der Waals surface area contributed by atoms with Crippen LogP contribution in [0.3, 0.4) is 0 Å². The van der Waals surface area contributed by atoms with E-state index in [9.17, 15) is 4.79 Å². The van der Waals surface area contributed by atoms with Gasteiger partial charge in [0.05, 0.1) is 12.1 Å². The summed E-state index contributed by atoms with van der Waals surface area (Å²) in [5.74, 6) is -0.270. The minimum absolute atomic E-state index is 0.213. The number of esters is 1. The van der Waals surface area contributed by atoms with Crippen LogP contribution in [-0.4, -0.2) is 13.1 Å². The molecule has 4 nitrogen and oxygen atoms in total. The Morgan fingerprint density at radius 3 is 2.52 bits per heavy atom. The van der Waals surface area contributed by atoms with Crippen LogP contribution in [0.2, 0.25) is 5.02 Å². The lowest BCUT2D eigenvalue weighted by molar-refractivity contribution is 0.0593. The van der Waals surface area contributed by atoms with Crippen molar-refractivity contribution < 1.29 is 14.3 Å². The van der Waals surface area contributed by atoms with Gasteiger partial charge in [-0.05, 0) is 24.6 Å². The van der Waals surface area contributed by atoms with Gasteiger partial charge in [-0.25, -0.2) is 4.79 Å². The molecule has 2 N–H and O–H groups in total. The first kappa shape index (κ1) is 15.2. The van der Waals surface area contributed by atoms with E-state index in [-0.39, 0.29) is 22.4 Å². The number of benzene rings is 2. The van der Waals surface area contributed by atoms with Crippen molar-refractivity contribution in [2.75, 3.05) is 12.8 Å². The zero-order chi connectivity index (χ0) is 15.4. The highest BCUT2D eigenvalue weighted by atomic mass is 35.5. The normalized spacial score (nSPS) is 11.8. The molecule has 0 fully saturated rings. The van der Waals surface area contributed by atoms with Crippen molar-refractivity contribution in [3.8, 4) is 5.75 Å². The second-order valence-corrected chi connectivity index (χ2v) is 4.95. The van der Waals surface area contributed by atoms with Crippen molar-refractivity contribution in [1.82, 2.24) is 0 Å². The van der Waals surface area contributed by atoms with Gasteiger partial charge in [-0.15, -0.1) is 0 Å². The van der Waals surface area contributed by atoms with Crippen LogP contribution < -0.4 is 10.5 Å². The first-order valence-electron chi connectivity index (χ1n) is 6.42. The Morgan fingerprint density at radius 1 is 1.24 bits per heavy atom. The van der Waals surface area contributed by atoms with Crippen molar-refractivity contribution in [2.45, 2.75) is 13.0 Å². The third kappa shape index (κ3) is 3.47. The SMILES string of the molecule is COC(=O)c1cc(N)cc(Cl)c1OC(C)c1ccccc1. The lowest BCUT2D eigenvalue weighted by Gasteiger charge is -2.18. The summed E-state index contributed by atoms with van der Waals surface area (Å²) >= 11 is 6.15. The van der Waals surface area contributed by atoms with Crippen molar-refractivity contribution in [2.24, 2.45) is 0 Å². The van der Waals surface area contributed by atoms with E-state index in [1.165, 1.54) is 13.2 Å². The minimum atomic E-state index is -0.542. The quantitative estimate of drug-likeness (QED) is 0.688. The number of rotatable bonds is 4. The summed E-state index contributed by atoms with van der Waals surface area (Å²) in [6.45, 7) is 1.88. The molecule has 21 heavy (non-hydrogen) atoms. The largest absolute Gasteiger partial charge is 0.484 e. The molecule has 0 aliphatic carbocycles. The molecule has 0 bridgehead atoms. The molecule has 2 aromatic rings. The van der Waals surface area contributed by atoms with E-state index in [4.69, 9.17) is 26.8 Å². The fourth-order valence-electron chi connectivity index (χ4n) is 1.96. The van der Waals surface area contributed by atoms with Gasteiger partial charge < -0.3 is 15.2 Å². The molecule has 0 aliphatic heterocycles. The van der Waals surface area contributed by atoms with Gasteiger partial charge in [0.2, 0.25) is 0 Å². The molecule has 2 rings (SSSR count). The monoisotopic (exact) mass is 305 g/mol. The van der Waals surface area contributed by atoms with Crippen LogP contribution in [0.15, 0.2) is 42.5 Å². The number of halogens is 1. The van der Waals surface area contributed by atoms with Gasteiger partial charge in [0, 0.05) is 5.69 Å². The predicted octanol–water partition coefficient (Wildman–Crippen LogP) is 3.85. The van der Waals surface area contributed by atoms with Crippen LogP contribution >= 0.6 is 11.6 Å². The minimum Gasteiger partial charge on any atom is -0.484 e. The van der Waals surface area contributed by atoms with Gasteiger partial charge in [0.15, 0.2) is 5.75 Å². The highest BCUT2D eigenvalue weighted by Gasteiger charge is 2.20. The third-order valence-corrected chi connectivity index (χ3v) is 3.32. The van der Waals surface area contributed by atoms with E-state index < -0.39 is 5.97 Å². The zero-order valence-corrected chi connectivity index (χ0v) is 12.6. The van der Waals surface area contributed by atoms with E-state index >= 15 is 0 Å². The van der Waals surface area contributed by atoms with Crippen LogP contribution in [0.25, 0.3) is 0 Å². The van der Waals surface area contributed by atoms with Crippen molar-refractivity contribution in [1.29, 1.82) is 0 Å². The molecule has 1 atom stereocenters. The Bertz CT molecular complexity index is 643. The van der Waals surface area contributed by atoms with Crippen LogP contribution in [0.4, 0.5) is 5.69 Å².